The molecular formula is C15H20ClN3O. The molecular weight excluding hydrogens is 274 g/mol. The van der Waals surface area contributed by atoms with E-state index < -0.39 is 0 Å². The van der Waals surface area contributed by atoms with E-state index in [2.05, 4.69) is 18.8 Å². The Morgan fingerprint density at radius 2 is 2.15 bits per heavy atom. The first-order valence-corrected chi connectivity index (χ1v) is 7.02. The number of nitrogens with zero attached hydrogens (tertiary/aromatic N) is 2. The first kappa shape index (κ1) is 14.9. The maximum absolute atomic E-state index is 6.07. The van der Waals surface area contributed by atoms with Crippen LogP contribution < -0.4 is 10.5 Å². The van der Waals surface area contributed by atoms with Gasteiger partial charge >= 0.3 is 0 Å². The van der Waals surface area contributed by atoms with Crippen LogP contribution in [0.15, 0.2) is 30.7 Å². The van der Waals surface area contributed by atoms with Crippen LogP contribution >= 0.6 is 11.6 Å². The highest BCUT2D eigenvalue weighted by molar-refractivity contribution is 6.32. The molecule has 108 valence electrons. The fraction of sp³-hybridized carbons (Fsp3) is 0.400. The largest absolute Gasteiger partial charge is 0.495 e. The highest BCUT2D eigenvalue weighted by Crippen LogP contribution is 2.30. The van der Waals surface area contributed by atoms with Gasteiger partial charge in [0.2, 0.25) is 0 Å². The van der Waals surface area contributed by atoms with Crippen LogP contribution in [0.2, 0.25) is 5.02 Å². The van der Waals surface area contributed by atoms with Crippen molar-refractivity contribution >= 4 is 11.6 Å². The fourth-order valence-corrected chi connectivity index (χ4v) is 2.52. The van der Waals surface area contributed by atoms with E-state index in [0.717, 1.165) is 11.4 Å². The number of ether oxygens (including phenoxy) is 1. The van der Waals surface area contributed by atoms with Crippen molar-refractivity contribution in [1.29, 1.82) is 0 Å². The molecule has 4 nitrogen and oxygen atoms in total. The van der Waals surface area contributed by atoms with Crippen LogP contribution in [-0.2, 0) is 0 Å². The number of nitrogens with two attached hydrogens (primary N) is 1. The third-order valence-corrected chi connectivity index (χ3v) is 3.83. The van der Waals surface area contributed by atoms with Crippen molar-refractivity contribution in [2.24, 2.45) is 11.7 Å². The molecule has 0 saturated carbocycles. The highest BCUT2D eigenvalue weighted by Gasteiger charge is 2.19. The standard InChI is InChI=1S/C15H20ClN3O/c1-10(2)12(7-17)14-8-18-9-19(14)11-4-5-13(16)15(6-11)20-3/h4-6,8-10,12H,7,17H2,1-3H3. The first-order valence-electron chi connectivity index (χ1n) is 6.64. The van der Waals surface area contributed by atoms with Crippen molar-refractivity contribution in [3.05, 3.63) is 41.4 Å². The smallest absolute Gasteiger partial charge is 0.139 e. The first-order chi connectivity index (χ1) is 9.58. The Morgan fingerprint density at radius 3 is 2.75 bits per heavy atom. The van der Waals surface area contributed by atoms with Crippen molar-refractivity contribution in [2.45, 2.75) is 19.8 Å². The van der Waals surface area contributed by atoms with Crippen LogP contribution in [0.4, 0.5) is 0 Å². The van der Waals surface area contributed by atoms with Gasteiger partial charge in [0.15, 0.2) is 0 Å². The summed E-state index contributed by atoms with van der Waals surface area (Å²) in [6, 6.07) is 5.68. The summed E-state index contributed by atoms with van der Waals surface area (Å²) < 4.78 is 7.31. The topological polar surface area (TPSA) is 53.1 Å². The summed E-state index contributed by atoms with van der Waals surface area (Å²) in [4.78, 5) is 4.26. The summed E-state index contributed by atoms with van der Waals surface area (Å²) in [5.41, 5.74) is 7.98. The molecule has 0 radical (unpaired) electrons. The second-order valence-electron chi connectivity index (χ2n) is 5.09. The molecule has 1 unspecified atom stereocenters. The molecule has 1 aromatic carbocycles. The monoisotopic (exact) mass is 293 g/mol. The minimum atomic E-state index is 0.263. The molecule has 0 fully saturated rings. The van der Waals surface area contributed by atoms with E-state index in [9.17, 15) is 0 Å². The Morgan fingerprint density at radius 1 is 1.40 bits per heavy atom. The number of imidazole rings is 1. The predicted molar refractivity (Wildman–Crippen MR) is 81.8 cm³/mol. The summed E-state index contributed by atoms with van der Waals surface area (Å²) in [7, 11) is 1.61. The second kappa shape index (κ2) is 6.29. The van der Waals surface area contributed by atoms with Crippen molar-refractivity contribution in [2.75, 3.05) is 13.7 Å². The van der Waals surface area contributed by atoms with Crippen LogP contribution in [0.3, 0.4) is 0 Å². The zero-order valence-corrected chi connectivity index (χ0v) is 12.8. The molecule has 0 aliphatic carbocycles. The minimum Gasteiger partial charge on any atom is -0.495 e. The predicted octanol–water partition coefficient (Wildman–Crippen LogP) is 3.23. The van der Waals surface area contributed by atoms with Crippen LogP contribution in [0.25, 0.3) is 5.69 Å². The van der Waals surface area contributed by atoms with E-state index in [0.29, 0.717) is 23.2 Å². The van der Waals surface area contributed by atoms with Crippen molar-refractivity contribution in [1.82, 2.24) is 9.55 Å². The van der Waals surface area contributed by atoms with Gasteiger partial charge in [0.05, 0.1) is 24.1 Å². The lowest BCUT2D eigenvalue weighted by molar-refractivity contribution is 0.414. The number of benzene rings is 1. The van der Waals surface area contributed by atoms with Crippen LogP contribution in [0.5, 0.6) is 5.75 Å². The highest BCUT2D eigenvalue weighted by atomic mass is 35.5. The zero-order valence-electron chi connectivity index (χ0n) is 12.0. The minimum absolute atomic E-state index is 0.263. The van der Waals surface area contributed by atoms with E-state index in [1.54, 1.807) is 13.4 Å². The van der Waals surface area contributed by atoms with E-state index >= 15 is 0 Å². The lowest BCUT2D eigenvalue weighted by Crippen LogP contribution is -2.20. The molecule has 0 amide bonds. The quantitative estimate of drug-likeness (QED) is 0.921. The number of methoxy groups -OCH3 is 1. The summed E-state index contributed by atoms with van der Waals surface area (Å²) in [6.45, 7) is 4.92. The fourth-order valence-electron chi connectivity index (χ4n) is 2.33. The van der Waals surface area contributed by atoms with E-state index in [-0.39, 0.29) is 5.92 Å². The average molecular weight is 294 g/mol. The van der Waals surface area contributed by atoms with Gasteiger partial charge in [-0.3, -0.25) is 0 Å². The summed E-state index contributed by atoms with van der Waals surface area (Å²) >= 11 is 6.07. The Bertz CT molecular complexity index is 580. The Balaban J connectivity index is 2.46. The number of rotatable bonds is 5. The molecule has 5 heteroatoms. The van der Waals surface area contributed by atoms with E-state index in [1.807, 2.05) is 29.0 Å². The van der Waals surface area contributed by atoms with Crippen LogP contribution in [0, 0.1) is 5.92 Å². The van der Waals surface area contributed by atoms with Gasteiger partial charge in [-0.1, -0.05) is 25.4 Å². The average Bonchev–Trinajstić information content (AvgIpc) is 2.89. The van der Waals surface area contributed by atoms with Gasteiger partial charge in [-0.05, 0) is 18.1 Å². The van der Waals surface area contributed by atoms with Crippen molar-refractivity contribution in [3.8, 4) is 11.4 Å². The summed E-state index contributed by atoms with van der Waals surface area (Å²) in [6.07, 6.45) is 3.67. The molecule has 0 bridgehead atoms. The molecule has 2 N–H and O–H groups in total. The lowest BCUT2D eigenvalue weighted by Gasteiger charge is -2.21. The summed E-state index contributed by atoms with van der Waals surface area (Å²) in [5.74, 6) is 1.36. The second-order valence-corrected chi connectivity index (χ2v) is 5.50. The van der Waals surface area contributed by atoms with Crippen LogP contribution in [-0.4, -0.2) is 23.2 Å². The maximum Gasteiger partial charge on any atom is 0.139 e. The lowest BCUT2D eigenvalue weighted by atomic mass is 9.93. The molecule has 0 aliphatic rings. The molecule has 0 spiro atoms. The molecule has 0 aliphatic heterocycles. The van der Waals surface area contributed by atoms with Gasteiger partial charge in [0.1, 0.15) is 5.75 Å². The normalized spacial score (nSPS) is 12.7. The number of halogens is 1. The van der Waals surface area contributed by atoms with Crippen molar-refractivity contribution in [3.63, 3.8) is 0 Å². The van der Waals surface area contributed by atoms with Crippen molar-refractivity contribution < 1.29 is 4.74 Å². The van der Waals surface area contributed by atoms with Gasteiger partial charge in [0.25, 0.3) is 0 Å². The molecule has 1 atom stereocenters. The SMILES string of the molecule is COc1cc(-n2cncc2C(CN)C(C)C)ccc1Cl. The van der Waals surface area contributed by atoms with E-state index in [1.165, 1.54) is 0 Å². The molecule has 20 heavy (non-hydrogen) atoms. The van der Waals surface area contributed by atoms with Gasteiger partial charge in [-0.15, -0.1) is 0 Å². The summed E-state index contributed by atoms with van der Waals surface area (Å²) in [5, 5.41) is 0.595. The third-order valence-electron chi connectivity index (χ3n) is 3.52. The molecule has 2 rings (SSSR count). The third kappa shape index (κ3) is 2.81. The van der Waals surface area contributed by atoms with Gasteiger partial charge < -0.3 is 15.0 Å². The van der Waals surface area contributed by atoms with Crippen LogP contribution in [0.1, 0.15) is 25.5 Å². The van der Waals surface area contributed by atoms with Gasteiger partial charge in [-0.2, -0.15) is 0 Å². The molecule has 2 aromatic rings. The number of hydrogen-bond donors (Lipinski definition) is 1. The van der Waals surface area contributed by atoms with E-state index in [4.69, 9.17) is 22.1 Å². The Hall–Kier alpha value is -1.52. The number of aromatic nitrogens is 2. The Labute approximate surface area is 124 Å². The number of hydrogen-bond acceptors (Lipinski definition) is 3. The molecule has 1 heterocycles. The zero-order chi connectivity index (χ0) is 14.7. The van der Waals surface area contributed by atoms with Gasteiger partial charge in [-0.25, -0.2) is 4.98 Å². The maximum atomic E-state index is 6.07. The molecule has 1 aromatic heterocycles. The Kier molecular flexibility index (Phi) is 4.68. The molecule has 0 saturated heterocycles. The van der Waals surface area contributed by atoms with Gasteiger partial charge in [0, 0.05) is 30.4 Å².